The number of rotatable bonds is 9. The third kappa shape index (κ3) is 5.93. The number of esters is 1. The van der Waals surface area contributed by atoms with Gasteiger partial charge in [-0.3, -0.25) is 9.36 Å². The van der Waals surface area contributed by atoms with Crippen molar-refractivity contribution in [2.45, 2.75) is 46.8 Å². The zero-order valence-corrected chi connectivity index (χ0v) is 24.3. The normalized spacial score (nSPS) is 15.2. The Morgan fingerprint density at radius 2 is 1.82 bits per heavy atom. The van der Waals surface area contributed by atoms with Crippen LogP contribution in [0.5, 0.6) is 11.5 Å². The Morgan fingerprint density at radius 1 is 1.10 bits per heavy atom. The number of carbonyl (C=O) groups excluding carboxylic acids is 1. The van der Waals surface area contributed by atoms with E-state index in [-0.39, 0.29) is 18.3 Å². The highest BCUT2D eigenvalue weighted by molar-refractivity contribution is 7.07. The molecular weight excluding hydrogens is 514 g/mol. The Hall–Kier alpha value is -3.85. The number of ether oxygens (including phenoxy) is 3. The van der Waals surface area contributed by atoms with E-state index in [0.717, 1.165) is 16.8 Å². The van der Waals surface area contributed by atoms with Gasteiger partial charge in [0, 0.05) is 19.8 Å². The monoisotopic (exact) mass is 549 g/mol. The van der Waals surface area contributed by atoms with Crippen LogP contribution < -0.4 is 29.3 Å². The minimum Gasteiger partial charge on any atom is -0.490 e. The highest BCUT2D eigenvalue weighted by Crippen LogP contribution is 2.32. The number of carbonyl (C=O) groups is 1. The van der Waals surface area contributed by atoms with E-state index in [4.69, 9.17) is 14.2 Å². The second-order valence-corrected chi connectivity index (χ2v) is 10.6. The minimum atomic E-state index is -0.653. The Labute approximate surface area is 232 Å². The van der Waals surface area contributed by atoms with Crippen LogP contribution in [-0.2, 0) is 9.53 Å². The molecule has 3 aromatic rings. The predicted molar refractivity (Wildman–Crippen MR) is 155 cm³/mol. The molecule has 0 N–H and O–H groups in total. The first-order valence-electron chi connectivity index (χ1n) is 13.0. The van der Waals surface area contributed by atoms with Crippen molar-refractivity contribution in [2.24, 2.45) is 4.99 Å². The molecule has 0 radical (unpaired) electrons. The zero-order valence-electron chi connectivity index (χ0n) is 23.5. The summed E-state index contributed by atoms with van der Waals surface area (Å²) in [7, 11) is 3.93. The molecule has 4 rings (SSSR count). The molecule has 1 aliphatic rings. The van der Waals surface area contributed by atoms with Gasteiger partial charge in [-0.1, -0.05) is 29.5 Å². The van der Waals surface area contributed by atoms with Crippen molar-refractivity contribution in [2.75, 3.05) is 32.2 Å². The molecular formula is C30H35N3O5S. The molecule has 1 aromatic heterocycles. The van der Waals surface area contributed by atoms with Crippen LogP contribution in [0.4, 0.5) is 5.69 Å². The van der Waals surface area contributed by atoms with Crippen molar-refractivity contribution in [1.82, 2.24) is 4.57 Å². The number of fused-ring (bicyclic) bond motifs is 1. The first kappa shape index (κ1) is 28.2. The molecule has 0 aliphatic carbocycles. The quantitative estimate of drug-likeness (QED) is 0.375. The first-order chi connectivity index (χ1) is 18.6. The number of nitrogens with zero attached hydrogens (tertiary/aromatic N) is 3. The van der Waals surface area contributed by atoms with Gasteiger partial charge < -0.3 is 19.1 Å². The van der Waals surface area contributed by atoms with Gasteiger partial charge in [0.15, 0.2) is 16.3 Å². The van der Waals surface area contributed by atoms with Crippen LogP contribution in [0.3, 0.4) is 0 Å². The number of benzene rings is 2. The van der Waals surface area contributed by atoms with Gasteiger partial charge in [0.2, 0.25) is 0 Å². The third-order valence-electron chi connectivity index (χ3n) is 6.17. The summed E-state index contributed by atoms with van der Waals surface area (Å²) in [6.45, 7) is 10.1. The molecule has 0 saturated carbocycles. The van der Waals surface area contributed by atoms with Crippen LogP contribution in [0, 0.1) is 0 Å². The van der Waals surface area contributed by atoms with Crippen molar-refractivity contribution >= 4 is 29.1 Å². The Morgan fingerprint density at radius 3 is 2.44 bits per heavy atom. The first-order valence-corrected chi connectivity index (χ1v) is 13.9. The average molecular weight is 550 g/mol. The lowest BCUT2D eigenvalue weighted by Crippen LogP contribution is -2.39. The third-order valence-corrected chi connectivity index (χ3v) is 7.15. The van der Waals surface area contributed by atoms with Crippen LogP contribution >= 0.6 is 11.3 Å². The van der Waals surface area contributed by atoms with E-state index in [1.807, 2.05) is 88.3 Å². The number of hydrogen-bond donors (Lipinski definition) is 0. The molecule has 1 atom stereocenters. The lowest BCUT2D eigenvalue weighted by atomic mass is 9.95. The molecule has 1 aliphatic heterocycles. The van der Waals surface area contributed by atoms with Crippen LogP contribution in [0.1, 0.15) is 51.8 Å². The summed E-state index contributed by atoms with van der Waals surface area (Å²) >= 11 is 1.29. The molecule has 0 saturated heterocycles. The van der Waals surface area contributed by atoms with Crippen LogP contribution in [0.25, 0.3) is 6.08 Å². The van der Waals surface area contributed by atoms with E-state index >= 15 is 0 Å². The van der Waals surface area contributed by atoms with E-state index in [9.17, 15) is 9.59 Å². The standard InChI is InChI=1S/C30H35N3O5S/c1-8-36-24-16-20(10-15-23(24)38-18(3)4)17-25-28(34)33-27(21-11-13-22(14-12-21)32(6)7)26(29(35)37-9-2)19(5)31-30(33)39-25/h10-18,27H,8-9H2,1-7H3/b25-17-/t27-/m1/s1. The Bertz CT molecular complexity index is 1570. The minimum absolute atomic E-state index is 0.00220. The summed E-state index contributed by atoms with van der Waals surface area (Å²) in [6, 6.07) is 12.8. The molecule has 9 heteroatoms. The van der Waals surface area contributed by atoms with Crippen molar-refractivity contribution in [3.05, 3.63) is 84.5 Å². The van der Waals surface area contributed by atoms with E-state index in [1.165, 1.54) is 11.3 Å². The maximum Gasteiger partial charge on any atom is 0.338 e. The smallest absolute Gasteiger partial charge is 0.338 e. The van der Waals surface area contributed by atoms with Gasteiger partial charge in [-0.15, -0.1) is 0 Å². The van der Waals surface area contributed by atoms with Crippen LogP contribution in [-0.4, -0.2) is 43.9 Å². The highest BCUT2D eigenvalue weighted by Gasteiger charge is 2.33. The maximum atomic E-state index is 13.9. The van der Waals surface area contributed by atoms with E-state index in [2.05, 4.69) is 4.99 Å². The van der Waals surface area contributed by atoms with Crippen molar-refractivity contribution < 1.29 is 19.0 Å². The van der Waals surface area contributed by atoms with E-state index in [0.29, 0.717) is 38.7 Å². The summed E-state index contributed by atoms with van der Waals surface area (Å²) in [5.74, 6) is 0.796. The molecule has 0 bridgehead atoms. The molecule has 2 aromatic carbocycles. The number of hydrogen-bond acceptors (Lipinski definition) is 8. The second-order valence-electron chi connectivity index (χ2n) is 9.59. The van der Waals surface area contributed by atoms with Crippen molar-refractivity contribution in [3.8, 4) is 11.5 Å². The van der Waals surface area contributed by atoms with E-state index in [1.54, 1.807) is 18.4 Å². The van der Waals surface area contributed by atoms with Gasteiger partial charge in [-0.25, -0.2) is 9.79 Å². The number of anilines is 1. The fourth-order valence-electron chi connectivity index (χ4n) is 4.45. The molecule has 2 heterocycles. The highest BCUT2D eigenvalue weighted by atomic mass is 32.1. The second kappa shape index (κ2) is 11.9. The topological polar surface area (TPSA) is 82.4 Å². The summed E-state index contributed by atoms with van der Waals surface area (Å²) in [6.07, 6.45) is 1.82. The lowest BCUT2D eigenvalue weighted by Gasteiger charge is -2.25. The van der Waals surface area contributed by atoms with Gasteiger partial charge in [0.25, 0.3) is 5.56 Å². The zero-order chi connectivity index (χ0) is 28.3. The molecule has 0 amide bonds. The van der Waals surface area contributed by atoms with Gasteiger partial charge in [-0.2, -0.15) is 0 Å². The number of aromatic nitrogens is 1. The molecule has 39 heavy (non-hydrogen) atoms. The fourth-order valence-corrected chi connectivity index (χ4v) is 5.49. The molecule has 0 unspecified atom stereocenters. The Kier molecular flexibility index (Phi) is 8.60. The van der Waals surface area contributed by atoms with Crippen LogP contribution in [0.2, 0.25) is 0 Å². The maximum absolute atomic E-state index is 13.9. The summed E-state index contributed by atoms with van der Waals surface area (Å²) < 4.78 is 19.2. The molecule has 0 spiro atoms. The van der Waals surface area contributed by atoms with Gasteiger partial charge >= 0.3 is 5.97 Å². The van der Waals surface area contributed by atoms with Gasteiger partial charge in [0.1, 0.15) is 0 Å². The van der Waals surface area contributed by atoms with Crippen LogP contribution in [0.15, 0.2) is 63.5 Å². The summed E-state index contributed by atoms with van der Waals surface area (Å²) in [5, 5.41) is 0. The average Bonchev–Trinajstić information content (AvgIpc) is 3.19. The largest absolute Gasteiger partial charge is 0.490 e. The lowest BCUT2D eigenvalue weighted by molar-refractivity contribution is -0.139. The number of allylic oxidation sites excluding steroid dienone is 1. The SMILES string of the molecule is CCOC(=O)C1=C(C)N=c2s/c(=C\c3ccc(OC(C)C)c(OCC)c3)c(=O)n2[C@@H]1c1ccc(N(C)C)cc1. The number of thiazole rings is 1. The van der Waals surface area contributed by atoms with Crippen molar-refractivity contribution in [1.29, 1.82) is 0 Å². The summed E-state index contributed by atoms with van der Waals surface area (Å²) in [5.41, 5.74) is 3.29. The fraction of sp³-hybridized carbons (Fsp3) is 0.367. The predicted octanol–water partition coefficient (Wildman–Crippen LogP) is 4.05. The van der Waals surface area contributed by atoms with Gasteiger partial charge in [0.05, 0.1) is 41.2 Å². The van der Waals surface area contributed by atoms with Gasteiger partial charge in [-0.05, 0) is 76.1 Å². The molecule has 0 fully saturated rings. The molecule has 8 nitrogen and oxygen atoms in total. The Balaban J connectivity index is 1.87. The molecule has 206 valence electrons. The summed E-state index contributed by atoms with van der Waals surface area (Å²) in [4.78, 5) is 34.2. The van der Waals surface area contributed by atoms with Crippen molar-refractivity contribution in [3.63, 3.8) is 0 Å². The van der Waals surface area contributed by atoms with E-state index < -0.39 is 12.0 Å².